The van der Waals surface area contributed by atoms with Crippen LogP contribution < -0.4 is 11.1 Å². The number of hydrogen-bond donors (Lipinski definition) is 2. The van der Waals surface area contributed by atoms with Gasteiger partial charge in [0, 0.05) is 5.69 Å². The van der Waals surface area contributed by atoms with Crippen LogP contribution in [0.5, 0.6) is 0 Å². The molecule has 3 nitrogen and oxygen atoms in total. The number of nitrogens with two attached hydrogens (primary N) is 1. The Morgan fingerprint density at radius 1 is 1.10 bits per heavy atom. The van der Waals surface area contributed by atoms with Gasteiger partial charge in [0.1, 0.15) is 6.04 Å². The molecule has 0 heterocycles. The zero-order valence-corrected chi connectivity index (χ0v) is 11.7. The van der Waals surface area contributed by atoms with Crippen molar-refractivity contribution in [1.82, 2.24) is 0 Å². The van der Waals surface area contributed by atoms with E-state index in [1.54, 1.807) is 0 Å². The number of aryl methyl sites for hydroxylation is 1. The Hall–Kier alpha value is -2.13. The van der Waals surface area contributed by atoms with Crippen LogP contribution >= 0.6 is 0 Å². The topological polar surface area (TPSA) is 55.1 Å². The van der Waals surface area contributed by atoms with Gasteiger partial charge in [-0.15, -0.1) is 0 Å². The predicted molar refractivity (Wildman–Crippen MR) is 82.4 cm³/mol. The molecular weight excluding hydrogens is 248 g/mol. The number of hydrogen-bond acceptors (Lipinski definition) is 2. The summed E-state index contributed by atoms with van der Waals surface area (Å²) in [5.41, 5.74) is 8.81. The van der Waals surface area contributed by atoms with Gasteiger partial charge in [-0.1, -0.05) is 61.9 Å². The third-order valence-electron chi connectivity index (χ3n) is 3.24. The van der Waals surface area contributed by atoms with Crippen molar-refractivity contribution in [2.75, 3.05) is 5.32 Å². The molecule has 2 rings (SSSR count). The van der Waals surface area contributed by atoms with E-state index >= 15 is 0 Å². The van der Waals surface area contributed by atoms with Gasteiger partial charge >= 0.3 is 0 Å². The minimum atomic E-state index is -0.647. The van der Waals surface area contributed by atoms with E-state index in [-0.39, 0.29) is 5.91 Å². The molecule has 3 heteroatoms. The highest BCUT2D eigenvalue weighted by Crippen LogP contribution is 2.19. The third kappa shape index (κ3) is 3.45. The second-order valence-electron chi connectivity index (χ2n) is 4.78. The highest BCUT2D eigenvalue weighted by molar-refractivity contribution is 5.96. The quantitative estimate of drug-likeness (QED) is 0.874. The molecular formula is C17H20N2O. The summed E-state index contributed by atoms with van der Waals surface area (Å²) in [5, 5.41) is 2.93. The number of anilines is 1. The van der Waals surface area contributed by atoms with Crippen molar-refractivity contribution >= 4 is 11.6 Å². The van der Waals surface area contributed by atoms with Gasteiger partial charge in [-0.25, -0.2) is 0 Å². The fourth-order valence-corrected chi connectivity index (χ4v) is 2.15. The van der Waals surface area contributed by atoms with E-state index in [9.17, 15) is 4.79 Å². The van der Waals surface area contributed by atoms with E-state index in [1.807, 2.05) is 54.6 Å². The molecule has 20 heavy (non-hydrogen) atoms. The van der Waals surface area contributed by atoms with Crippen LogP contribution in [0.3, 0.4) is 0 Å². The summed E-state index contributed by atoms with van der Waals surface area (Å²) in [6.07, 6.45) is 1.98. The van der Waals surface area contributed by atoms with E-state index in [4.69, 9.17) is 5.73 Å². The number of carbonyl (C=O) groups excluding carboxylic acids is 1. The van der Waals surface area contributed by atoms with Crippen LogP contribution in [-0.4, -0.2) is 5.91 Å². The highest BCUT2D eigenvalue weighted by Gasteiger charge is 2.16. The molecule has 0 saturated carbocycles. The normalized spacial score (nSPS) is 11.9. The minimum absolute atomic E-state index is 0.181. The van der Waals surface area contributed by atoms with Crippen molar-refractivity contribution in [3.05, 3.63) is 65.7 Å². The number of carbonyl (C=O) groups is 1. The summed E-state index contributed by atoms with van der Waals surface area (Å²) in [6.45, 7) is 2.12. The van der Waals surface area contributed by atoms with Crippen LogP contribution in [0, 0.1) is 0 Å². The molecule has 0 bridgehead atoms. The van der Waals surface area contributed by atoms with Gasteiger partial charge in [-0.2, -0.15) is 0 Å². The Morgan fingerprint density at radius 3 is 2.45 bits per heavy atom. The molecule has 1 amide bonds. The number of para-hydroxylation sites is 1. The number of amides is 1. The highest BCUT2D eigenvalue weighted by atomic mass is 16.2. The molecule has 0 fully saturated rings. The Bertz CT molecular complexity index is 566. The van der Waals surface area contributed by atoms with Crippen molar-refractivity contribution < 1.29 is 4.79 Å². The van der Waals surface area contributed by atoms with E-state index in [1.165, 1.54) is 0 Å². The van der Waals surface area contributed by atoms with Crippen LogP contribution in [0.25, 0.3) is 0 Å². The molecule has 2 aromatic rings. The first-order chi connectivity index (χ1) is 9.72. The molecule has 0 aliphatic rings. The molecule has 0 aromatic heterocycles. The molecule has 1 atom stereocenters. The molecule has 0 radical (unpaired) electrons. The molecule has 104 valence electrons. The minimum Gasteiger partial charge on any atom is -0.324 e. The van der Waals surface area contributed by atoms with E-state index in [2.05, 4.69) is 12.2 Å². The van der Waals surface area contributed by atoms with Gasteiger partial charge in [-0.05, 0) is 23.6 Å². The fourth-order valence-electron chi connectivity index (χ4n) is 2.15. The second-order valence-corrected chi connectivity index (χ2v) is 4.78. The Balaban J connectivity index is 2.12. The first-order valence-corrected chi connectivity index (χ1v) is 6.91. The maximum absolute atomic E-state index is 12.2. The van der Waals surface area contributed by atoms with Crippen LogP contribution in [0.1, 0.15) is 30.5 Å². The van der Waals surface area contributed by atoms with Gasteiger partial charge in [-0.3, -0.25) is 4.79 Å². The number of nitrogens with one attached hydrogen (secondary N) is 1. The zero-order chi connectivity index (χ0) is 14.4. The predicted octanol–water partition coefficient (Wildman–Crippen LogP) is 3.28. The molecule has 0 spiro atoms. The van der Waals surface area contributed by atoms with Crippen molar-refractivity contribution in [2.45, 2.75) is 25.8 Å². The summed E-state index contributed by atoms with van der Waals surface area (Å²) in [4.78, 5) is 12.2. The Labute approximate surface area is 119 Å². The maximum atomic E-state index is 12.2. The number of benzene rings is 2. The molecule has 3 N–H and O–H groups in total. The second kappa shape index (κ2) is 6.87. The zero-order valence-electron chi connectivity index (χ0n) is 11.7. The van der Waals surface area contributed by atoms with Gasteiger partial charge < -0.3 is 11.1 Å². The smallest absolute Gasteiger partial charge is 0.245 e. The summed E-state index contributed by atoms with van der Waals surface area (Å²) in [5.74, 6) is -0.181. The van der Waals surface area contributed by atoms with Gasteiger partial charge in [0.25, 0.3) is 0 Å². The van der Waals surface area contributed by atoms with Gasteiger partial charge in [0.05, 0.1) is 0 Å². The van der Waals surface area contributed by atoms with Crippen LogP contribution in [0.15, 0.2) is 54.6 Å². The van der Waals surface area contributed by atoms with Gasteiger partial charge in [0.15, 0.2) is 0 Å². The van der Waals surface area contributed by atoms with Gasteiger partial charge in [0.2, 0.25) is 5.91 Å². The lowest BCUT2D eigenvalue weighted by Gasteiger charge is -2.15. The number of rotatable bonds is 5. The maximum Gasteiger partial charge on any atom is 0.245 e. The van der Waals surface area contributed by atoms with Crippen LogP contribution in [0.4, 0.5) is 5.69 Å². The summed E-state index contributed by atoms with van der Waals surface area (Å²) >= 11 is 0. The lowest BCUT2D eigenvalue weighted by atomic mass is 10.1. The van der Waals surface area contributed by atoms with E-state index in [0.717, 1.165) is 29.7 Å². The van der Waals surface area contributed by atoms with Crippen molar-refractivity contribution in [1.29, 1.82) is 0 Å². The first kappa shape index (κ1) is 14.3. The molecule has 0 aliphatic carbocycles. The third-order valence-corrected chi connectivity index (χ3v) is 3.24. The molecule has 2 aromatic carbocycles. The summed E-state index contributed by atoms with van der Waals surface area (Å²) < 4.78 is 0. The molecule has 0 saturated heterocycles. The Kier molecular flexibility index (Phi) is 4.91. The summed E-state index contributed by atoms with van der Waals surface area (Å²) in [6, 6.07) is 16.6. The lowest BCUT2D eigenvalue weighted by molar-refractivity contribution is -0.117. The Morgan fingerprint density at radius 2 is 1.75 bits per heavy atom. The first-order valence-electron chi connectivity index (χ1n) is 6.91. The van der Waals surface area contributed by atoms with Crippen molar-refractivity contribution in [3.63, 3.8) is 0 Å². The van der Waals surface area contributed by atoms with Crippen LogP contribution in [0.2, 0.25) is 0 Å². The largest absolute Gasteiger partial charge is 0.324 e. The monoisotopic (exact) mass is 268 g/mol. The average molecular weight is 268 g/mol. The summed E-state index contributed by atoms with van der Waals surface area (Å²) in [7, 11) is 0. The molecule has 1 unspecified atom stereocenters. The fraction of sp³-hybridized carbons (Fsp3) is 0.235. The standard InChI is InChI=1S/C17H20N2O/c1-2-8-13-9-6-7-12-15(13)19-17(20)16(18)14-10-4-3-5-11-14/h3-7,9-12,16H,2,8,18H2,1H3,(H,19,20). The average Bonchev–Trinajstić information content (AvgIpc) is 2.49. The SMILES string of the molecule is CCCc1ccccc1NC(=O)C(N)c1ccccc1. The van der Waals surface area contributed by atoms with Crippen molar-refractivity contribution in [2.24, 2.45) is 5.73 Å². The lowest BCUT2D eigenvalue weighted by Crippen LogP contribution is -2.28. The van der Waals surface area contributed by atoms with Crippen LogP contribution in [-0.2, 0) is 11.2 Å². The van der Waals surface area contributed by atoms with E-state index < -0.39 is 6.04 Å². The van der Waals surface area contributed by atoms with Crippen molar-refractivity contribution in [3.8, 4) is 0 Å². The molecule has 0 aliphatic heterocycles. The van der Waals surface area contributed by atoms with E-state index in [0.29, 0.717) is 0 Å².